The van der Waals surface area contributed by atoms with Crippen LogP contribution < -0.4 is 0 Å². The number of carbonyl (C=O) groups is 1. The summed E-state index contributed by atoms with van der Waals surface area (Å²) in [5.41, 5.74) is 2.09. The quantitative estimate of drug-likeness (QED) is 0.808. The average molecular weight is 317 g/mol. The van der Waals surface area contributed by atoms with Crippen molar-refractivity contribution in [3.63, 3.8) is 0 Å². The number of nitrogens with zero attached hydrogens (tertiary/aromatic N) is 5. The van der Waals surface area contributed by atoms with Gasteiger partial charge in [-0.1, -0.05) is 29.5 Å². The number of aryl methyl sites for hydroxylation is 1. The number of carbonyl (C=O) groups excluding carboxylic acids is 1. The molecule has 0 radical (unpaired) electrons. The number of tetrazole rings is 1. The Hall–Kier alpha value is -1.89. The summed E-state index contributed by atoms with van der Waals surface area (Å²) in [5.74, 6) is 0.168. The molecule has 1 atom stereocenters. The molecule has 0 N–H and O–H groups in total. The van der Waals surface area contributed by atoms with E-state index in [2.05, 4.69) is 15.5 Å². The fraction of sp³-hybridized carbons (Fsp3) is 0.467. The number of hydrogen-bond donors (Lipinski definition) is 0. The van der Waals surface area contributed by atoms with Gasteiger partial charge in [0.15, 0.2) is 0 Å². The topological polar surface area (TPSA) is 63.9 Å². The number of aromatic nitrogens is 4. The first-order chi connectivity index (χ1) is 10.6. The third-order valence-corrected chi connectivity index (χ3v) is 4.79. The highest BCUT2D eigenvalue weighted by Crippen LogP contribution is 2.25. The Kier molecular flexibility index (Phi) is 4.42. The molecule has 2 aromatic rings. The highest BCUT2D eigenvalue weighted by molar-refractivity contribution is 8.00. The minimum Gasteiger partial charge on any atom is -0.342 e. The molecule has 7 heteroatoms. The molecule has 22 heavy (non-hydrogen) atoms. The predicted octanol–water partition coefficient (Wildman–Crippen LogP) is 2.07. The van der Waals surface area contributed by atoms with Gasteiger partial charge in [0.2, 0.25) is 11.1 Å². The number of benzene rings is 1. The first kappa shape index (κ1) is 15.0. The van der Waals surface area contributed by atoms with E-state index >= 15 is 0 Å². The van der Waals surface area contributed by atoms with Crippen molar-refractivity contribution in [1.82, 2.24) is 25.1 Å². The Morgan fingerprint density at radius 3 is 2.59 bits per heavy atom. The van der Waals surface area contributed by atoms with Gasteiger partial charge in [0.05, 0.1) is 10.9 Å². The molecule has 3 rings (SSSR count). The van der Waals surface area contributed by atoms with Crippen LogP contribution in [0.3, 0.4) is 0 Å². The van der Waals surface area contributed by atoms with Crippen molar-refractivity contribution in [3.05, 3.63) is 29.8 Å². The second kappa shape index (κ2) is 6.48. The number of amides is 1. The van der Waals surface area contributed by atoms with E-state index in [0.29, 0.717) is 5.16 Å². The molecule has 116 valence electrons. The van der Waals surface area contributed by atoms with Gasteiger partial charge in [0, 0.05) is 13.1 Å². The molecule has 0 bridgehead atoms. The van der Waals surface area contributed by atoms with Crippen LogP contribution in [0.1, 0.15) is 25.3 Å². The van der Waals surface area contributed by atoms with Crippen molar-refractivity contribution < 1.29 is 4.79 Å². The third-order valence-electron chi connectivity index (χ3n) is 3.77. The highest BCUT2D eigenvalue weighted by Gasteiger charge is 2.25. The van der Waals surface area contributed by atoms with Crippen LogP contribution in [0.15, 0.2) is 29.4 Å². The van der Waals surface area contributed by atoms with Crippen molar-refractivity contribution in [1.29, 1.82) is 0 Å². The molecule has 1 fully saturated rings. The zero-order chi connectivity index (χ0) is 15.5. The van der Waals surface area contributed by atoms with Crippen LogP contribution in [0.4, 0.5) is 0 Å². The zero-order valence-electron chi connectivity index (χ0n) is 12.8. The largest absolute Gasteiger partial charge is 0.342 e. The third kappa shape index (κ3) is 3.14. The summed E-state index contributed by atoms with van der Waals surface area (Å²) in [5, 5.41) is 12.3. The number of likely N-dealkylation sites (tertiary alicyclic amines) is 1. The first-order valence-corrected chi connectivity index (χ1v) is 8.34. The molecule has 0 unspecified atom stereocenters. The predicted molar refractivity (Wildman–Crippen MR) is 85.0 cm³/mol. The van der Waals surface area contributed by atoms with E-state index in [9.17, 15) is 4.79 Å². The average Bonchev–Trinajstić information content (AvgIpc) is 3.18. The number of thioether (sulfide) groups is 1. The Balaban J connectivity index is 1.74. The zero-order valence-corrected chi connectivity index (χ0v) is 13.6. The SMILES string of the molecule is Cc1ccc(-n2nnnc2S[C@H](C)C(=O)N2CCCC2)cc1. The Morgan fingerprint density at radius 2 is 1.91 bits per heavy atom. The van der Waals surface area contributed by atoms with Crippen LogP contribution in [0, 0.1) is 6.92 Å². The van der Waals surface area contributed by atoms with Crippen LogP contribution >= 0.6 is 11.8 Å². The van der Waals surface area contributed by atoms with E-state index in [4.69, 9.17) is 0 Å². The van der Waals surface area contributed by atoms with Gasteiger partial charge < -0.3 is 4.90 Å². The summed E-state index contributed by atoms with van der Waals surface area (Å²) < 4.78 is 1.68. The van der Waals surface area contributed by atoms with Crippen molar-refractivity contribution in [2.24, 2.45) is 0 Å². The maximum absolute atomic E-state index is 12.4. The Labute approximate surface area is 133 Å². The Bertz CT molecular complexity index is 648. The van der Waals surface area contributed by atoms with Crippen molar-refractivity contribution >= 4 is 17.7 Å². The molecule has 2 heterocycles. The van der Waals surface area contributed by atoms with Gasteiger partial charge in [0.25, 0.3) is 0 Å². The normalized spacial score (nSPS) is 16.0. The van der Waals surface area contributed by atoms with E-state index in [1.165, 1.54) is 17.3 Å². The van der Waals surface area contributed by atoms with Gasteiger partial charge in [0.1, 0.15) is 0 Å². The fourth-order valence-electron chi connectivity index (χ4n) is 2.50. The molecular weight excluding hydrogens is 298 g/mol. The fourth-order valence-corrected chi connectivity index (χ4v) is 3.40. The van der Waals surface area contributed by atoms with Crippen LogP contribution in [0.2, 0.25) is 0 Å². The first-order valence-electron chi connectivity index (χ1n) is 7.46. The van der Waals surface area contributed by atoms with Crippen LogP contribution in [0.25, 0.3) is 5.69 Å². The van der Waals surface area contributed by atoms with Crippen molar-refractivity contribution in [2.75, 3.05) is 13.1 Å². The molecule has 1 aliphatic rings. The van der Waals surface area contributed by atoms with E-state index in [1.54, 1.807) is 4.68 Å². The molecule has 1 amide bonds. The van der Waals surface area contributed by atoms with Crippen molar-refractivity contribution in [3.8, 4) is 5.69 Å². The monoisotopic (exact) mass is 317 g/mol. The van der Waals surface area contributed by atoms with Crippen molar-refractivity contribution in [2.45, 2.75) is 37.1 Å². The molecule has 0 spiro atoms. The minimum absolute atomic E-state index is 0.168. The molecule has 6 nitrogen and oxygen atoms in total. The number of hydrogen-bond acceptors (Lipinski definition) is 5. The summed E-state index contributed by atoms with van der Waals surface area (Å²) in [4.78, 5) is 14.3. The summed E-state index contributed by atoms with van der Waals surface area (Å²) >= 11 is 1.41. The molecule has 1 saturated heterocycles. The van der Waals surface area contributed by atoms with Gasteiger partial charge in [-0.05, 0) is 49.2 Å². The molecule has 0 saturated carbocycles. The van der Waals surface area contributed by atoms with Gasteiger partial charge in [-0.3, -0.25) is 4.79 Å². The lowest BCUT2D eigenvalue weighted by Crippen LogP contribution is -2.34. The second-order valence-corrected chi connectivity index (χ2v) is 6.81. The lowest BCUT2D eigenvalue weighted by atomic mass is 10.2. The van der Waals surface area contributed by atoms with Gasteiger partial charge >= 0.3 is 0 Å². The number of rotatable bonds is 4. The summed E-state index contributed by atoms with van der Waals surface area (Å²) in [6, 6.07) is 7.99. The van der Waals surface area contributed by atoms with Crippen LogP contribution in [-0.2, 0) is 4.79 Å². The molecule has 1 aromatic carbocycles. The summed E-state index contributed by atoms with van der Waals surface area (Å²) in [6.07, 6.45) is 2.20. The highest BCUT2D eigenvalue weighted by atomic mass is 32.2. The maximum Gasteiger partial charge on any atom is 0.235 e. The molecular formula is C15H19N5OS. The maximum atomic E-state index is 12.4. The summed E-state index contributed by atoms with van der Waals surface area (Å²) in [7, 11) is 0. The van der Waals surface area contributed by atoms with E-state index in [1.807, 2.05) is 43.0 Å². The van der Waals surface area contributed by atoms with E-state index < -0.39 is 0 Å². The van der Waals surface area contributed by atoms with Crippen LogP contribution in [0.5, 0.6) is 0 Å². The smallest absolute Gasteiger partial charge is 0.235 e. The standard InChI is InChI=1S/C15H19N5OS/c1-11-5-7-13(8-6-11)20-15(16-17-18-20)22-12(2)14(21)19-9-3-4-10-19/h5-8,12H,3-4,9-10H2,1-2H3/t12-/m1/s1. The van der Waals surface area contributed by atoms with E-state index in [0.717, 1.165) is 31.6 Å². The van der Waals surface area contributed by atoms with Gasteiger partial charge in [-0.25, -0.2) is 0 Å². The van der Waals surface area contributed by atoms with Gasteiger partial charge in [-0.15, -0.1) is 5.10 Å². The molecule has 1 aromatic heterocycles. The lowest BCUT2D eigenvalue weighted by Gasteiger charge is -2.19. The van der Waals surface area contributed by atoms with Gasteiger partial charge in [-0.2, -0.15) is 4.68 Å². The lowest BCUT2D eigenvalue weighted by molar-refractivity contribution is -0.129. The van der Waals surface area contributed by atoms with Crippen LogP contribution in [-0.4, -0.2) is 49.4 Å². The molecule has 0 aliphatic carbocycles. The second-order valence-electron chi connectivity index (χ2n) is 5.50. The molecule has 1 aliphatic heterocycles. The minimum atomic E-state index is -0.187. The summed E-state index contributed by atoms with van der Waals surface area (Å²) in [6.45, 7) is 5.69. The Morgan fingerprint density at radius 1 is 1.23 bits per heavy atom. The van der Waals surface area contributed by atoms with E-state index in [-0.39, 0.29) is 11.2 Å².